The van der Waals surface area contributed by atoms with Crippen molar-refractivity contribution in [2.45, 2.75) is 19.0 Å². The lowest BCUT2D eigenvalue weighted by Gasteiger charge is -2.33. The van der Waals surface area contributed by atoms with Gasteiger partial charge in [0.15, 0.2) is 0 Å². The van der Waals surface area contributed by atoms with E-state index in [1.165, 1.54) is 19.4 Å². The summed E-state index contributed by atoms with van der Waals surface area (Å²) in [6.07, 6.45) is -2.31. The minimum absolute atomic E-state index is 0.0998. The molecule has 29 heavy (non-hydrogen) atoms. The Labute approximate surface area is 165 Å². The van der Waals surface area contributed by atoms with Gasteiger partial charge in [-0.25, -0.2) is 9.78 Å². The van der Waals surface area contributed by atoms with Gasteiger partial charge in [0.05, 0.1) is 18.2 Å². The molecule has 9 heteroatoms. The molecular formula is C20H20F3N3O3. The third-order valence-corrected chi connectivity index (χ3v) is 4.83. The number of hydrogen-bond acceptors (Lipinski definition) is 5. The minimum Gasteiger partial charge on any atom is -0.465 e. The maximum absolute atomic E-state index is 13.2. The van der Waals surface area contributed by atoms with Gasteiger partial charge in [0.1, 0.15) is 5.82 Å². The average Bonchev–Trinajstić information content (AvgIpc) is 2.73. The number of alkyl halides is 3. The monoisotopic (exact) mass is 407 g/mol. The number of aromatic nitrogens is 1. The highest BCUT2D eigenvalue weighted by atomic mass is 19.4. The molecule has 0 aliphatic carbocycles. The quantitative estimate of drug-likeness (QED) is 0.782. The maximum Gasteiger partial charge on any atom is 0.419 e. The first-order valence-corrected chi connectivity index (χ1v) is 9.06. The molecule has 0 spiro atoms. The first kappa shape index (κ1) is 20.6. The fourth-order valence-corrected chi connectivity index (χ4v) is 3.28. The van der Waals surface area contributed by atoms with E-state index in [2.05, 4.69) is 15.0 Å². The summed E-state index contributed by atoms with van der Waals surface area (Å²) in [6.45, 7) is 0.610. The van der Waals surface area contributed by atoms with E-state index in [0.717, 1.165) is 6.07 Å². The summed E-state index contributed by atoms with van der Waals surface area (Å²) in [7, 11) is 1.28. The van der Waals surface area contributed by atoms with Gasteiger partial charge in [-0.15, -0.1) is 0 Å². The number of nitrogens with zero attached hydrogens (tertiary/aromatic N) is 2. The molecule has 0 atom stereocenters. The molecule has 0 saturated carbocycles. The molecule has 0 radical (unpaired) electrons. The molecule has 154 valence electrons. The molecule has 1 amide bonds. The van der Waals surface area contributed by atoms with Gasteiger partial charge < -0.3 is 15.0 Å². The Morgan fingerprint density at radius 1 is 1.14 bits per heavy atom. The number of ether oxygens (including phenoxy) is 1. The van der Waals surface area contributed by atoms with Crippen molar-refractivity contribution in [3.63, 3.8) is 0 Å². The largest absolute Gasteiger partial charge is 0.465 e. The van der Waals surface area contributed by atoms with Crippen molar-refractivity contribution in [1.82, 2.24) is 4.98 Å². The van der Waals surface area contributed by atoms with E-state index < -0.39 is 17.7 Å². The van der Waals surface area contributed by atoms with E-state index in [0.29, 0.717) is 37.2 Å². The van der Waals surface area contributed by atoms with E-state index >= 15 is 0 Å². The molecule has 2 heterocycles. The number of halogens is 3. The van der Waals surface area contributed by atoms with Crippen LogP contribution in [0.3, 0.4) is 0 Å². The van der Waals surface area contributed by atoms with Gasteiger partial charge in [-0.3, -0.25) is 4.79 Å². The number of carbonyl (C=O) groups excluding carboxylic acids is 2. The molecule has 2 aromatic rings. The summed E-state index contributed by atoms with van der Waals surface area (Å²) >= 11 is 0. The second-order valence-corrected chi connectivity index (χ2v) is 6.69. The average molecular weight is 407 g/mol. The zero-order valence-corrected chi connectivity index (χ0v) is 15.7. The van der Waals surface area contributed by atoms with E-state index in [4.69, 9.17) is 0 Å². The van der Waals surface area contributed by atoms with Crippen molar-refractivity contribution < 1.29 is 27.5 Å². The van der Waals surface area contributed by atoms with Gasteiger partial charge in [-0.2, -0.15) is 13.2 Å². The van der Waals surface area contributed by atoms with Gasteiger partial charge in [0.25, 0.3) is 0 Å². The fourth-order valence-electron chi connectivity index (χ4n) is 3.28. The molecule has 1 aromatic carbocycles. The Balaban J connectivity index is 1.60. The number of esters is 1. The molecule has 0 unspecified atom stereocenters. The Kier molecular flexibility index (Phi) is 6.05. The van der Waals surface area contributed by atoms with Crippen molar-refractivity contribution >= 4 is 23.4 Å². The van der Waals surface area contributed by atoms with Crippen LogP contribution in [0, 0.1) is 5.92 Å². The van der Waals surface area contributed by atoms with E-state index in [9.17, 15) is 22.8 Å². The van der Waals surface area contributed by atoms with Crippen molar-refractivity contribution in [1.29, 1.82) is 0 Å². The topological polar surface area (TPSA) is 71.5 Å². The fraction of sp³-hybridized carbons (Fsp3) is 0.350. The lowest BCUT2D eigenvalue weighted by molar-refractivity contribution is -0.137. The van der Waals surface area contributed by atoms with Crippen molar-refractivity contribution in [3.8, 4) is 0 Å². The first-order valence-electron chi connectivity index (χ1n) is 9.06. The number of carbonyl (C=O) groups is 2. The molecule has 1 N–H and O–H groups in total. The van der Waals surface area contributed by atoms with Gasteiger partial charge >= 0.3 is 12.1 Å². The maximum atomic E-state index is 13.2. The molecule has 6 nitrogen and oxygen atoms in total. The van der Waals surface area contributed by atoms with Gasteiger partial charge in [-0.1, -0.05) is 0 Å². The van der Waals surface area contributed by atoms with Crippen LogP contribution in [0.25, 0.3) is 0 Å². The number of nitrogens with one attached hydrogen (secondary N) is 1. The summed E-state index contributed by atoms with van der Waals surface area (Å²) in [4.78, 5) is 29.4. The smallest absolute Gasteiger partial charge is 0.419 e. The predicted octanol–water partition coefficient (Wildman–Crippen LogP) is 3.74. The number of amides is 1. The first-order chi connectivity index (χ1) is 13.8. The number of anilines is 2. The Morgan fingerprint density at radius 3 is 2.38 bits per heavy atom. The van der Waals surface area contributed by atoms with Crippen molar-refractivity contribution in [2.75, 3.05) is 30.4 Å². The molecule has 1 aromatic heterocycles. The Bertz CT molecular complexity index is 877. The van der Waals surface area contributed by atoms with Crippen LogP contribution < -0.4 is 10.2 Å². The summed E-state index contributed by atoms with van der Waals surface area (Å²) in [5.74, 6) is -1.09. The Hall–Kier alpha value is -3.10. The summed E-state index contributed by atoms with van der Waals surface area (Å²) in [5, 5.41) is 2.78. The SMILES string of the molecule is COC(=O)c1ccc(NC(=O)C2CCN(c3ncccc3C(F)(F)F)CC2)cc1. The van der Waals surface area contributed by atoms with Crippen LogP contribution in [0.15, 0.2) is 42.6 Å². The van der Waals surface area contributed by atoms with Gasteiger partial charge in [0.2, 0.25) is 5.91 Å². The normalized spacial score (nSPS) is 15.1. The molecule has 3 rings (SSSR count). The Morgan fingerprint density at radius 2 is 1.79 bits per heavy atom. The minimum atomic E-state index is -4.48. The van der Waals surface area contributed by atoms with E-state index in [1.807, 2.05) is 0 Å². The van der Waals surface area contributed by atoms with Crippen LogP contribution in [0.4, 0.5) is 24.7 Å². The summed E-state index contributed by atoms with van der Waals surface area (Å²) < 4.78 is 44.2. The molecule has 1 fully saturated rings. The van der Waals surface area contributed by atoms with Gasteiger partial charge in [0, 0.05) is 30.9 Å². The highest BCUT2D eigenvalue weighted by Crippen LogP contribution is 2.36. The molecular weight excluding hydrogens is 387 g/mol. The number of benzene rings is 1. The van der Waals surface area contributed by atoms with Crippen LogP contribution in [0.1, 0.15) is 28.8 Å². The van der Waals surface area contributed by atoms with Crippen LogP contribution in [-0.2, 0) is 15.7 Å². The summed E-state index contributed by atoms with van der Waals surface area (Å²) in [5.41, 5.74) is 0.136. The lowest BCUT2D eigenvalue weighted by Crippen LogP contribution is -2.39. The lowest BCUT2D eigenvalue weighted by atomic mass is 9.95. The molecule has 1 aliphatic rings. The standard InChI is InChI=1S/C20H20F3N3O3/c1-29-19(28)14-4-6-15(7-5-14)25-18(27)13-8-11-26(12-9-13)17-16(20(21,22)23)3-2-10-24-17/h2-7,10,13H,8-9,11-12H2,1H3,(H,25,27). The predicted molar refractivity (Wildman–Crippen MR) is 101 cm³/mol. The van der Waals surface area contributed by atoms with E-state index in [-0.39, 0.29) is 17.6 Å². The third kappa shape index (κ3) is 4.85. The van der Waals surface area contributed by atoms with Crippen LogP contribution in [0.5, 0.6) is 0 Å². The van der Waals surface area contributed by atoms with Crippen LogP contribution in [-0.4, -0.2) is 37.1 Å². The highest BCUT2D eigenvalue weighted by molar-refractivity contribution is 5.94. The zero-order chi connectivity index (χ0) is 21.0. The molecule has 1 saturated heterocycles. The highest BCUT2D eigenvalue weighted by Gasteiger charge is 2.36. The summed E-state index contributed by atoms with van der Waals surface area (Å²) in [6, 6.07) is 8.57. The number of pyridine rings is 1. The van der Waals surface area contributed by atoms with Crippen molar-refractivity contribution in [3.05, 3.63) is 53.7 Å². The van der Waals surface area contributed by atoms with E-state index in [1.54, 1.807) is 29.2 Å². The molecule has 1 aliphatic heterocycles. The molecule has 0 bridgehead atoms. The van der Waals surface area contributed by atoms with Crippen LogP contribution in [0.2, 0.25) is 0 Å². The number of hydrogen-bond donors (Lipinski definition) is 1. The second kappa shape index (κ2) is 8.50. The number of methoxy groups -OCH3 is 1. The number of piperidine rings is 1. The zero-order valence-electron chi connectivity index (χ0n) is 15.7. The van der Waals surface area contributed by atoms with Crippen LogP contribution >= 0.6 is 0 Å². The third-order valence-electron chi connectivity index (χ3n) is 4.83. The number of rotatable bonds is 4. The van der Waals surface area contributed by atoms with Crippen molar-refractivity contribution in [2.24, 2.45) is 5.92 Å². The van der Waals surface area contributed by atoms with Gasteiger partial charge in [-0.05, 0) is 49.2 Å². The second-order valence-electron chi connectivity index (χ2n) is 6.69.